The molecule has 130 heavy (non-hydrogen) atoms. The molecule has 28 rings (SSSR count). The molecule has 18 aromatic carbocycles. The van der Waals surface area contributed by atoms with E-state index < -0.39 is 10.8 Å². The smallest absolute Gasteiger partial charge is 0.165 e. The van der Waals surface area contributed by atoms with E-state index in [2.05, 4.69) is 346 Å². The summed E-state index contributed by atoms with van der Waals surface area (Å²) in [5, 5.41) is 9.99. The van der Waals surface area contributed by atoms with Gasteiger partial charge in [0.05, 0.1) is 33.3 Å². The zero-order valence-corrected chi connectivity index (χ0v) is 70.1. The van der Waals surface area contributed by atoms with Crippen molar-refractivity contribution in [3.05, 3.63) is 445 Å². The minimum absolute atomic E-state index is 0.504. The molecular formula is C118H66N8O3S. The molecule has 0 fully saturated rings. The van der Waals surface area contributed by atoms with Crippen LogP contribution in [0.2, 0.25) is 0 Å². The van der Waals surface area contributed by atoms with Crippen LogP contribution in [-0.4, -0.2) is 39.9 Å². The first-order valence-electron chi connectivity index (χ1n) is 43.8. The molecule has 0 radical (unpaired) electrons. The van der Waals surface area contributed by atoms with Gasteiger partial charge in [-0.3, -0.25) is 0 Å². The van der Waals surface area contributed by atoms with Crippen LogP contribution in [0, 0.1) is 0 Å². The highest BCUT2D eigenvalue weighted by molar-refractivity contribution is 7.26. The Morgan fingerprint density at radius 1 is 0.208 bits per heavy atom. The van der Waals surface area contributed by atoms with E-state index in [1.807, 2.05) is 54.6 Å². The lowest BCUT2D eigenvalue weighted by Gasteiger charge is -2.39. The van der Waals surface area contributed by atoms with Gasteiger partial charge in [0.1, 0.15) is 34.2 Å². The average molecular weight is 1680 g/mol. The third-order valence-corrected chi connectivity index (χ3v) is 28.5. The van der Waals surface area contributed by atoms with Crippen molar-refractivity contribution in [1.29, 1.82) is 0 Å². The predicted octanol–water partition coefficient (Wildman–Crippen LogP) is 29.7. The molecule has 0 N–H and O–H groups in total. The largest absolute Gasteiger partial charge is 0.457 e. The van der Waals surface area contributed by atoms with Crippen LogP contribution in [0.5, 0.6) is 23.0 Å². The Labute approximate surface area is 748 Å². The monoisotopic (exact) mass is 1670 g/mol. The van der Waals surface area contributed by atoms with Crippen molar-refractivity contribution < 1.29 is 13.9 Å². The molecule has 2 aliphatic heterocycles. The van der Waals surface area contributed by atoms with Crippen molar-refractivity contribution in [1.82, 2.24) is 39.9 Å². The first-order valence-corrected chi connectivity index (χ1v) is 44.6. The van der Waals surface area contributed by atoms with Crippen LogP contribution in [-0.2, 0) is 10.8 Å². The SMILES string of the molecule is c1ccc(-c2nc(-c3ccc4nc(-c5ccc(-c6cccc7c6oc6cccc(-c8nc(-c9ccccc9)nc(-c9ccc%10nc(-c%11ccccc%11)c%11cc%12c(cc%11c%10c9)C9(c%10ccccc%10O%12)c%10ccccc%10-c%10ccccc%109)n8)c67)cc5)c5cc6c(cc5c4c3)C3(c4ccccc4O6)c4ccccc4-c4ccccc43)nc(-c3cccc4c3sc3ccccc34)n2)cc1. The average Bonchev–Trinajstić information content (AvgIpc) is 1.50. The molecule has 602 valence electrons. The van der Waals surface area contributed by atoms with Gasteiger partial charge in [0.2, 0.25) is 0 Å². The van der Waals surface area contributed by atoms with Crippen LogP contribution in [0.4, 0.5) is 0 Å². The molecule has 12 heteroatoms. The summed E-state index contributed by atoms with van der Waals surface area (Å²) in [6.07, 6.45) is 0. The molecule has 6 aromatic heterocycles. The van der Waals surface area contributed by atoms with Crippen molar-refractivity contribution in [2.75, 3.05) is 0 Å². The highest BCUT2D eigenvalue weighted by Crippen LogP contribution is 2.66. The zero-order chi connectivity index (χ0) is 85.0. The number of hydrogen-bond acceptors (Lipinski definition) is 12. The van der Waals surface area contributed by atoms with Gasteiger partial charge in [0.25, 0.3) is 0 Å². The Bertz CT molecular complexity index is 8930. The second kappa shape index (κ2) is 27.7. The van der Waals surface area contributed by atoms with Crippen LogP contribution in [0.1, 0.15) is 44.5 Å². The summed E-state index contributed by atoms with van der Waals surface area (Å²) in [6, 6.07) is 142. The normalized spacial score (nSPS) is 13.3. The number of fused-ring (bicyclic) bond motifs is 30. The van der Waals surface area contributed by atoms with Gasteiger partial charge < -0.3 is 13.9 Å². The maximum Gasteiger partial charge on any atom is 0.165 e. The lowest BCUT2D eigenvalue weighted by Crippen LogP contribution is -2.32. The van der Waals surface area contributed by atoms with Crippen LogP contribution < -0.4 is 9.47 Å². The van der Waals surface area contributed by atoms with E-state index >= 15 is 0 Å². The maximum atomic E-state index is 7.30. The first kappa shape index (κ1) is 72.3. The number of para-hydroxylation sites is 3. The fourth-order valence-electron chi connectivity index (χ4n) is 21.7. The summed E-state index contributed by atoms with van der Waals surface area (Å²) in [6.45, 7) is 0. The van der Waals surface area contributed by atoms with Gasteiger partial charge in [-0.2, -0.15) is 0 Å². The van der Waals surface area contributed by atoms with Gasteiger partial charge in [0.15, 0.2) is 34.9 Å². The summed E-state index contributed by atoms with van der Waals surface area (Å²) in [5.74, 6) is 6.46. The summed E-state index contributed by atoms with van der Waals surface area (Å²) in [7, 11) is 0. The Morgan fingerprint density at radius 2 is 0.585 bits per heavy atom. The quantitative estimate of drug-likeness (QED) is 0.128. The van der Waals surface area contributed by atoms with Crippen molar-refractivity contribution in [2.24, 2.45) is 0 Å². The molecule has 24 aromatic rings. The Balaban J connectivity index is 0.595. The Morgan fingerprint density at radius 3 is 1.11 bits per heavy atom. The van der Waals surface area contributed by atoms with E-state index in [0.29, 0.717) is 40.5 Å². The van der Waals surface area contributed by atoms with Gasteiger partial charge in [-0.05, 0) is 152 Å². The summed E-state index contributed by atoms with van der Waals surface area (Å²) >= 11 is 1.76. The highest BCUT2D eigenvalue weighted by atomic mass is 32.1. The molecule has 0 unspecified atom stereocenters. The lowest BCUT2D eigenvalue weighted by molar-refractivity contribution is 0.437. The van der Waals surface area contributed by atoms with E-state index in [9.17, 15) is 0 Å². The van der Waals surface area contributed by atoms with Gasteiger partial charge >= 0.3 is 0 Å². The number of benzene rings is 18. The van der Waals surface area contributed by atoms with Crippen LogP contribution in [0.15, 0.2) is 405 Å². The third kappa shape index (κ3) is 10.5. The highest BCUT2D eigenvalue weighted by Gasteiger charge is 2.53. The summed E-state index contributed by atoms with van der Waals surface area (Å²) in [4.78, 5) is 43.8. The van der Waals surface area contributed by atoms with Gasteiger partial charge in [-0.25, -0.2) is 39.9 Å². The molecular weight excluding hydrogens is 1610 g/mol. The van der Waals surface area contributed by atoms with E-state index in [0.717, 1.165) is 177 Å². The minimum atomic E-state index is -0.739. The maximum absolute atomic E-state index is 7.30. The van der Waals surface area contributed by atoms with Crippen molar-refractivity contribution in [3.63, 3.8) is 0 Å². The van der Waals surface area contributed by atoms with Crippen molar-refractivity contribution in [3.8, 4) is 147 Å². The second-order valence-corrected chi connectivity index (χ2v) is 35.1. The molecule has 2 spiro atoms. The Kier molecular flexibility index (Phi) is 15.4. The standard InChI is InChI=1S/C118H66N8O3S/c1-4-27-68(28-5-1)107-88-65-103-96(117(94-47-19-21-49-100(94)127-103)90-43-15-10-33-75(90)76-34-11-16-44-91(76)117)63-84(88)86-61-72(57-59-98(86)119-107)113-121-111(70-29-6-2-7-30-70)123-115(125-113)82-41-26-51-102-106(82)81-40-24-38-74(109(81)129-102)67-53-55-69(56-54-67)108-89-66-104-97(118(95-48-20-22-50-101(95)128-104)92-45-17-12-35-77(92)78-36-13-18-46-93(78)118)64-85(89)87-62-73(58-60-99(87)120-108)114-122-112(71-31-8-3-9-32-71)124-116(126-114)83-42-25-39-80-79-37-14-23-52-105(79)130-110(80)83/h1-66H. The van der Waals surface area contributed by atoms with E-state index in [1.54, 1.807) is 11.3 Å². The molecule has 2 aliphatic carbocycles. The van der Waals surface area contributed by atoms with E-state index in [1.165, 1.54) is 60.0 Å². The molecule has 8 heterocycles. The predicted molar refractivity (Wildman–Crippen MR) is 523 cm³/mol. The third-order valence-electron chi connectivity index (χ3n) is 27.3. The van der Waals surface area contributed by atoms with Crippen molar-refractivity contribution >= 4 is 96.8 Å². The molecule has 11 nitrogen and oxygen atoms in total. The Hall–Kier alpha value is -17.1. The zero-order valence-electron chi connectivity index (χ0n) is 69.3. The molecule has 0 bridgehead atoms. The number of pyridine rings is 2. The number of hydrogen-bond donors (Lipinski definition) is 0. The number of furan rings is 1. The topological polar surface area (TPSA) is 135 Å². The lowest BCUT2D eigenvalue weighted by atomic mass is 9.65. The van der Waals surface area contributed by atoms with E-state index in [-0.39, 0.29) is 0 Å². The van der Waals surface area contributed by atoms with Crippen LogP contribution >= 0.6 is 11.3 Å². The fraction of sp³-hybridized carbons (Fsp3) is 0.0169. The number of rotatable bonds is 9. The van der Waals surface area contributed by atoms with Gasteiger partial charge in [0, 0.05) is 125 Å². The number of ether oxygens (including phenoxy) is 2. The number of aromatic nitrogens is 8. The second-order valence-electron chi connectivity index (χ2n) is 34.1. The first-order chi connectivity index (χ1) is 64.4. The van der Waals surface area contributed by atoms with Crippen LogP contribution in [0.25, 0.3) is 210 Å². The fourth-order valence-corrected chi connectivity index (χ4v) is 22.9. The molecule has 0 amide bonds. The number of nitrogens with zero attached hydrogens (tertiary/aromatic N) is 8. The van der Waals surface area contributed by atoms with E-state index in [4.69, 9.17) is 53.8 Å². The molecule has 4 aliphatic rings. The molecule has 0 atom stereocenters. The van der Waals surface area contributed by atoms with Crippen LogP contribution in [0.3, 0.4) is 0 Å². The van der Waals surface area contributed by atoms with Gasteiger partial charge in [-0.15, -0.1) is 11.3 Å². The molecule has 0 saturated heterocycles. The van der Waals surface area contributed by atoms with Crippen molar-refractivity contribution in [2.45, 2.75) is 10.8 Å². The minimum Gasteiger partial charge on any atom is -0.457 e. The summed E-state index contributed by atoms with van der Waals surface area (Å²) in [5.41, 5.74) is 26.2. The molecule has 0 saturated carbocycles. The number of thiophene rings is 1. The summed E-state index contributed by atoms with van der Waals surface area (Å²) < 4.78 is 24.0. The van der Waals surface area contributed by atoms with Gasteiger partial charge in [-0.1, -0.05) is 309 Å².